The maximum Gasteiger partial charge on any atom is 0.247 e. The van der Waals surface area contributed by atoms with E-state index in [1.807, 2.05) is 54.6 Å². The summed E-state index contributed by atoms with van der Waals surface area (Å²) in [4.78, 5) is 0. The minimum absolute atomic E-state index is 0.317. The standard InChI is InChI=1S/C19H17ClN2O2/c20-16-8-6-15(7-9-16)19(10-12-23-13-11-19)18-22-21-17(24-18)14-4-2-1-3-5-14/h1-9H,10-13H2. The van der Waals surface area contributed by atoms with E-state index in [0.29, 0.717) is 25.0 Å². The number of nitrogens with zero attached hydrogens (tertiary/aromatic N) is 2. The number of benzene rings is 2. The van der Waals surface area contributed by atoms with Crippen LogP contribution < -0.4 is 0 Å². The molecule has 122 valence electrons. The van der Waals surface area contributed by atoms with Gasteiger partial charge in [0.1, 0.15) is 0 Å². The predicted octanol–water partition coefficient (Wildman–Crippen LogP) is 4.49. The van der Waals surface area contributed by atoms with E-state index in [2.05, 4.69) is 10.2 Å². The summed E-state index contributed by atoms with van der Waals surface area (Å²) in [5.41, 5.74) is 1.75. The van der Waals surface area contributed by atoms with Crippen LogP contribution in [0.15, 0.2) is 59.0 Å². The average Bonchev–Trinajstić information content (AvgIpc) is 3.14. The molecule has 5 heteroatoms. The zero-order valence-electron chi connectivity index (χ0n) is 13.1. The topological polar surface area (TPSA) is 48.2 Å². The predicted molar refractivity (Wildman–Crippen MR) is 92.0 cm³/mol. The Balaban J connectivity index is 1.77. The summed E-state index contributed by atoms with van der Waals surface area (Å²) in [6.45, 7) is 1.34. The van der Waals surface area contributed by atoms with Gasteiger partial charge in [0, 0.05) is 23.8 Å². The van der Waals surface area contributed by atoms with E-state index in [1.54, 1.807) is 0 Å². The molecule has 1 aromatic heterocycles. The van der Waals surface area contributed by atoms with Crippen LogP contribution in [0.1, 0.15) is 24.3 Å². The molecule has 0 saturated carbocycles. The third kappa shape index (κ3) is 2.72. The van der Waals surface area contributed by atoms with E-state index in [0.717, 1.165) is 29.0 Å². The van der Waals surface area contributed by atoms with Gasteiger partial charge in [-0.05, 0) is 42.7 Å². The molecule has 0 amide bonds. The van der Waals surface area contributed by atoms with E-state index in [4.69, 9.17) is 20.8 Å². The summed E-state index contributed by atoms with van der Waals surface area (Å²) in [6, 6.07) is 17.7. The monoisotopic (exact) mass is 340 g/mol. The van der Waals surface area contributed by atoms with Crippen molar-refractivity contribution in [2.75, 3.05) is 13.2 Å². The van der Waals surface area contributed by atoms with Crippen molar-refractivity contribution < 1.29 is 9.15 Å². The summed E-state index contributed by atoms with van der Waals surface area (Å²) in [5.74, 6) is 1.19. The van der Waals surface area contributed by atoms with Crippen LogP contribution in [0.2, 0.25) is 5.02 Å². The maximum absolute atomic E-state index is 6.09. The number of hydrogen-bond donors (Lipinski definition) is 0. The van der Waals surface area contributed by atoms with Crippen LogP contribution in [-0.2, 0) is 10.2 Å². The third-order valence-corrected chi connectivity index (χ3v) is 4.85. The van der Waals surface area contributed by atoms with Gasteiger partial charge in [-0.3, -0.25) is 0 Å². The summed E-state index contributed by atoms with van der Waals surface area (Å²) in [6.07, 6.45) is 1.62. The SMILES string of the molecule is Clc1ccc(C2(c3nnc(-c4ccccc4)o3)CCOCC2)cc1. The Kier molecular flexibility index (Phi) is 4.08. The molecule has 2 heterocycles. The van der Waals surface area contributed by atoms with Gasteiger partial charge in [-0.1, -0.05) is 41.9 Å². The van der Waals surface area contributed by atoms with Crippen molar-refractivity contribution >= 4 is 11.6 Å². The lowest BCUT2D eigenvalue weighted by molar-refractivity contribution is 0.0546. The van der Waals surface area contributed by atoms with Crippen molar-refractivity contribution in [1.82, 2.24) is 10.2 Å². The van der Waals surface area contributed by atoms with Gasteiger partial charge in [-0.25, -0.2) is 0 Å². The first-order valence-corrected chi connectivity index (χ1v) is 8.39. The zero-order valence-corrected chi connectivity index (χ0v) is 13.9. The molecule has 4 nitrogen and oxygen atoms in total. The first-order valence-electron chi connectivity index (χ1n) is 8.01. The molecule has 3 aromatic rings. The molecule has 0 radical (unpaired) electrons. The van der Waals surface area contributed by atoms with Crippen molar-refractivity contribution in [2.24, 2.45) is 0 Å². The second-order valence-corrected chi connectivity index (χ2v) is 6.42. The second-order valence-electron chi connectivity index (χ2n) is 5.98. The first-order chi connectivity index (χ1) is 11.8. The molecule has 0 N–H and O–H groups in total. The first kappa shape index (κ1) is 15.4. The van der Waals surface area contributed by atoms with Gasteiger partial charge in [-0.15, -0.1) is 10.2 Å². The lowest BCUT2D eigenvalue weighted by Crippen LogP contribution is -2.35. The molecule has 0 atom stereocenters. The van der Waals surface area contributed by atoms with Crippen LogP contribution in [0, 0.1) is 0 Å². The summed E-state index contributed by atoms with van der Waals surface area (Å²) in [7, 11) is 0. The summed E-state index contributed by atoms with van der Waals surface area (Å²) in [5, 5.41) is 9.37. The highest BCUT2D eigenvalue weighted by Gasteiger charge is 2.41. The van der Waals surface area contributed by atoms with Gasteiger partial charge in [0.05, 0.1) is 5.41 Å². The Labute approximate surface area is 145 Å². The van der Waals surface area contributed by atoms with Crippen molar-refractivity contribution in [3.63, 3.8) is 0 Å². The number of rotatable bonds is 3. The average molecular weight is 341 g/mol. The van der Waals surface area contributed by atoms with Crippen LogP contribution >= 0.6 is 11.6 Å². The molecule has 1 aliphatic heterocycles. The van der Waals surface area contributed by atoms with Crippen molar-refractivity contribution in [3.8, 4) is 11.5 Å². The van der Waals surface area contributed by atoms with Crippen molar-refractivity contribution in [2.45, 2.75) is 18.3 Å². The maximum atomic E-state index is 6.09. The minimum Gasteiger partial charge on any atom is -0.420 e. The van der Waals surface area contributed by atoms with Gasteiger partial charge in [0.25, 0.3) is 0 Å². The number of hydrogen-bond acceptors (Lipinski definition) is 4. The van der Waals surface area contributed by atoms with E-state index in [1.165, 1.54) is 0 Å². The normalized spacial score (nSPS) is 16.9. The second kappa shape index (κ2) is 6.38. The lowest BCUT2D eigenvalue weighted by Gasteiger charge is -2.34. The molecule has 0 unspecified atom stereocenters. The van der Waals surface area contributed by atoms with E-state index < -0.39 is 0 Å². The highest BCUT2D eigenvalue weighted by molar-refractivity contribution is 6.30. The molecule has 4 rings (SSSR count). The fraction of sp³-hybridized carbons (Fsp3) is 0.263. The molecule has 24 heavy (non-hydrogen) atoms. The van der Waals surface area contributed by atoms with Crippen molar-refractivity contribution in [3.05, 3.63) is 71.1 Å². The van der Waals surface area contributed by atoms with Gasteiger partial charge >= 0.3 is 0 Å². The molecule has 2 aromatic carbocycles. The van der Waals surface area contributed by atoms with Crippen LogP contribution in [0.25, 0.3) is 11.5 Å². The molecular formula is C19H17ClN2O2. The summed E-state index contributed by atoms with van der Waals surface area (Å²) >= 11 is 6.05. The van der Waals surface area contributed by atoms with Crippen LogP contribution in [-0.4, -0.2) is 23.4 Å². The van der Waals surface area contributed by atoms with E-state index in [9.17, 15) is 0 Å². The zero-order chi connectivity index (χ0) is 16.4. The van der Waals surface area contributed by atoms with E-state index in [-0.39, 0.29) is 5.41 Å². The number of ether oxygens (including phenoxy) is 1. The Morgan fingerprint density at radius 3 is 2.29 bits per heavy atom. The molecule has 0 aliphatic carbocycles. The Morgan fingerprint density at radius 2 is 1.58 bits per heavy atom. The van der Waals surface area contributed by atoms with Crippen LogP contribution in [0.4, 0.5) is 0 Å². The van der Waals surface area contributed by atoms with Gasteiger partial charge in [-0.2, -0.15) is 0 Å². The van der Waals surface area contributed by atoms with E-state index >= 15 is 0 Å². The molecular weight excluding hydrogens is 324 g/mol. The van der Waals surface area contributed by atoms with Crippen molar-refractivity contribution in [1.29, 1.82) is 0 Å². The number of halogens is 1. The van der Waals surface area contributed by atoms with Gasteiger partial charge < -0.3 is 9.15 Å². The third-order valence-electron chi connectivity index (χ3n) is 4.60. The fourth-order valence-electron chi connectivity index (χ4n) is 3.23. The molecule has 1 aliphatic rings. The van der Waals surface area contributed by atoms with Gasteiger partial charge in [0.15, 0.2) is 0 Å². The minimum atomic E-state index is -0.317. The quantitative estimate of drug-likeness (QED) is 0.705. The lowest BCUT2D eigenvalue weighted by atomic mass is 9.74. The Morgan fingerprint density at radius 1 is 0.875 bits per heavy atom. The largest absolute Gasteiger partial charge is 0.420 e. The molecule has 1 saturated heterocycles. The number of aromatic nitrogens is 2. The summed E-state index contributed by atoms with van der Waals surface area (Å²) < 4.78 is 11.7. The van der Waals surface area contributed by atoms with Crippen LogP contribution in [0.3, 0.4) is 0 Å². The highest BCUT2D eigenvalue weighted by atomic mass is 35.5. The molecule has 0 spiro atoms. The Hall–Kier alpha value is -2.17. The van der Waals surface area contributed by atoms with Gasteiger partial charge in [0.2, 0.25) is 11.8 Å². The Bertz CT molecular complexity index is 809. The molecule has 0 bridgehead atoms. The molecule has 1 fully saturated rings. The van der Waals surface area contributed by atoms with Crippen LogP contribution in [0.5, 0.6) is 0 Å². The highest BCUT2D eigenvalue weighted by Crippen LogP contribution is 2.41. The fourth-order valence-corrected chi connectivity index (χ4v) is 3.35. The smallest absolute Gasteiger partial charge is 0.247 e.